The largest absolute Gasteiger partial charge is 0.231 e. The third-order valence-electron chi connectivity index (χ3n) is 2.91. The van der Waals surface area contributed by atoms with Crippen LogP contribution >= 0.6 is 0 Å². The summed E-state index contributed by atoms with van der Waals surface area (Å²) in [6, 6.07) is 21.2. The first-order valence-corrected chi connectivity index (χ1v) is 6.14. The van der Waals surface area contributed by atoms with E-state index in [1.165, 1.54) is 0 Å². The minimum Gasteiger partial charge on any atom is -0.231 e. The minimum atomic E-state index is 0.470. The van der Waals surface area contributed by atoms with Crippen LogP contribution in [-0.2, 0) is 0 Å². The van der Waals surface area contributed by atoms with Crippen molar-refractivity contribution in [3.8, 4) is 16.9 Å². The first-order chi connectivity index (χ1) is 9.88. The molecule has 20 heavy (non-hydrogen) atoms. The second-order valence-corrected chi connectivity index (χ2v) is 4.19. The van der Waals surface area contributed by atoms with Gasteiger partial charge in [0.1, 0.15) is 5.82 Å². The summed E-state index contributed by atoms with van der Waals surface area (Å²) >= 11 is 0. The Morgan fingerprint density at radius 3 is 2.25 bits per heavy atom. The van der Waals surface area contributed by atoms with Crippen molar-refractivity contribution >= 4 is 5.82 Å². The molecule has 1 heterocycles. The summed E-state index contributed by atoms with van der Waals surface area (Å²) in [6.07, 6.45) is 0. The normalized spacial score (nSPS) is 10.0. The van der Waals surface area contributed by atoms with Crippen molar-refractivity contribution in [1.29, 1.82) is 0 Å². The topological polar surface area (TPSA) is 66.6 Å². The third kappa shape index (κ3) is 2.25. The van der Waals surface area contributed by atoms with Gasteiger partial charge in [0, 0.05) is 10.5 Å². The van der Waals surface area contributed by atoms with Crippen molar-refractivity contribution in [3.63, 3.8) is 0 Å². The number of hydrogen-bond acceptors (Lipinski definition) is 2. The molecule has 0 aliphatic rings. The summed E-state index contributed by atoms with van der Waals surface area (Å²) in [5.74, 6) is 0.470. The molecule has 0 spiro atoms. The van der Waals surface area contributed by atoms with E-state index in [1.54, 1.807) is 10.7 Å². The molecule has 0 bridgehead atoms. The third-order valence-corrected chi connectivity index (χ3v) is 2.91. The zero-order chi connectivity index (χ0) is 13.8. The molecule has 1 aromatic heterocycles. The van der Waals surface area contributed by atoms with Crippen molar-refractivity contribution in [2.75, 3.05) is 0 Å². The Labute approximate surface area is 115 Å². The summed E-state index contributed by atoms with van der Waals surface area (Å²) in [4.78, 5) is 2.86. The second kappa shape index (κ2) is 5.30. The van der Waals surface area contributed by atoms with Crippen LogP contribution in [-0.4, -0.2) is 9.78 Å². The molecule has 0 saturated carbocycles. The van der Waals surface area contributed by atoms with E-state index >= 15 is 0 Å². The Kier molecular flexibility index (Phi) is 3.18. The zero-order valence-corrected chi connectivity index (χ0v) is 10.6. The van der Waals surface area contributed by atoms with Crippen LogP contribution in [0.15, 0.2) is 71.8 Å². The maximum Gasteiger partial charge on any atom is 0.131 e. The monoisotopic (exact) mass is 261 g/mol. The number of aromatic nitrogens is 2. The van der Waals surface area contributed by atoms with Crippen molar-refractivity contribution in [1.82, 2.24) is 9.78 Å². The van der Waals surface area contributed by atoms with E-state index in [1.807, 2.05) is 60.7 Å². The van der Waals surface area contributed by atoms with Gasteiger partial charge in [-0.3, -0.25) is 0 Å². The Balaban J connectivity index is 2.15. The molecule has 0 atom stereocenters. The number of benzene rings is 2. The Hall–Kier alpha value is -3.04. The lowest BCUT2D eigenvalue weighted by Gasteiger charge is -2.02. The lowest BCUT2D eigenvalue weighted by atomic mass is 10.2. The quantitative estimate of drug-likeness (QED) is 0.389. The van der Waals surface area contributed by atoms with E-state index < -0.39 is 0 Å². The number of azide groups is 1. The molecule has 0 N–H and O–H groups in total. The summed E-state index contributed by atoms with van der Waals surface area (Å²) in [6.45, 7) is 0. The highest BCUT2D eigenvalue weighted by molar-refractivity contribution is 5.63. The van der Waals surface area contributed by atoms with Gasteiger partial charge in [0.2, 0.25) is 0 Å². The highest BCUT2D eigenvalue weighted by Gasteiger charge is 2.09. The molecule has 0 fully saturated rings. The lowest BCUT2D eigenvalue weighted by molar-refractivity contribution is 0.882. The molecule has 3 rings (SSSR count). The fourth-order valence-corrected chi connectivity index (χ4v) is 2.00. The summed E-state index contributed by atoms with van der Waals surface area (Å²) < 4.78 is 1.64. The molecule has 0 aliphatic carbocycles. The van der Waals surface area contributed by atoms with E-state index in [0.29, 0.717) is 5.82 Å². The van der Waals surface area contributed by atoms with E-state index in [2.05, 4.69) is 15.1 Å². The maximum absolute atomic E-state index is 8.69. The molecular weight excluding hydrogens is 250 g/mol. The van der Waals surface area contributed by atoms with Gasteiger partial charge in [-0.05, 0) is 28.8 Å². The smallest absolute Gasteiger partial charge is 0.131 e. The van der Waals surface area contributed by atoms with Crippen LogP contribution in [0.1, 0.15) is 0 Å². The van der Waals surface area contributed by atoms with Crippen molar-refractivity contribution in [2.24, 2.45) is 5.11 Å². The standard InChI is InChI=1S/C15H11N5/c16-19-17-15-11-14(12-7-3-1-4-8-12)18-20(15)13-9-5-2-6-10-13/h1-11H. The van der Waals surface area contributed by atoms with Gasteiger partial charge in [0.15, 0.2) is 0 Å². The van der Waals surface area contributed by atoms with Gasteiger partial charge >= 0.3 is 0 Å². The van der Waals surface area contributed by atoms with Gasteiger partial charge in [-0.1, -0.05) is 48.5 Å². The van der Waals surface area contributed by atoms with Gasteiger partial charge < -0.3 is 0 Å². The average molecular weight is 261 g/mol. The molecule has 2 aromatic carbocycles. The molecule has 96 valence electrons. The van der Waals surface area contributed by atoms with Crippen LogP contribution in [0.25, 0.3) is 27.4 Å². The maximum atomic E-state index is 8.69. The summed E-state index contributed by atoms with van der Waals surface area (Å²) in [5.41, 5.74) is 11.3. The number of hydrogen-bond donors (Lipinski definition) is 0. The van der Waals surface area contributed by atoms with Crippen LogP contribution in [0.3, 0.4) is 0 Å². The molecule has 5 heteroatoms. The highest BCUT2D eigenvalue weighted by Crippen LogP contribution is 2.26. The van der Waals surface area contributed by atoms with Gasteiger partial charge in [-0.2, -0.15) is 5.10 Å². The predicted octanol–water partition coefficient (Wildman–Crippen LogP) is 4.48. The molecule has 0 aliphatic heterocycles. The van der Waals surface area contributed by atoms with E-state index in [0.717, 1.165) is 16.9 Å². The van der Waals surface area contributed by atoms with Crippen LogP contribution in [0.4, 0.5) is 5.82 Å². The molecule has 5 nitrogen and oxygen atoms in total. The Morgan fingerprint density at radius 1 is 0.950 bits per heavy atom. The van der Waals surface area contributed by atoms with Crippen LogP contribution in [0, 0.1) is 0 Å². The molecular formula is C15H11N5. The Bertz CT molecular complexity index is 755. The van der Waals surface area contributed by atoms with Crippen molar-refractivity contribution in [3.05, 3.63) is 77.2 Å². The molecule has 0 amide bonds. The number of nitrogens with zero attached hydrogens (tertiary/aromatic N) is 5. The molecule has 0 saturated heterocycles. The lowest BCUT2D eigenvalue weighted by Crippen LogP contribution is -1.95. The van der Waals surface area contributed by atoms with Gasteiger partial charge in [-0.15, -0.1) is 0 Å². The minimum absolute atomic E-state index is 0.470. The van der Waals surface area contributed by atoms with E-state index in [4.69, 9.17) is 5.53 Å². The Morgan fingerprint density at radius 2 is 1.60 bits per heavy atom. The van der Waals surface area contributed by atoms with Gasteiger partial charge in [0.05, 0.1) is 11.4 Å². The average Bonchev–Trinajstić information content (AvgIpc) is 2.94. The van der Waals surface area contributed by atoms with Crippen molar-refractivity contribution < 1.29 is 0 Å². The van der Waals surface area contributed by atoms with Crippen LogP contribution in [0.2, 0.25) is 0 Å². The molecule has 0 unspecified atom stereocenters. The first-order valence-electron chi connectivity index (χ1n) is 6.14. The SMILES string of the molecule is [N-]=[N+]=Nc1cc(-c2ccccc2)nn1-c1ccccc1. The fraction of sp³-hybridized carbons (Fsp3) is 0. The molecule has 3 aromatic rings. The summed E-state index contributed by atoms with van der Waals surface area (Å²) in [7, 11) is 0. The molecule has 0 radical (unpaired) electrons. The first kappa shape index (κ1) is 12.0. The van der Waals surface area contributed by atoms with Crippen molar-refractivity contribution in [2.45, 2.75) is 0 Å². The van der Waals surface area contributed by atoms with Gasteiger partial charge in [-0.25, -0.2) is 4.68 Å². The number of rotatable bonds is 3. The zero-order valence-electron chi connectivity index (χ0n) is 10.6. The van der Waals surface area contributed by atoms with E-state index in [9.17, 15) is 0 Å². The highest BCUT2D eigenvalue weighted by atomic mass is 15.4. The fourth-order valence-electron chi connectivity index (χ4n) is 2.00. The van der Waals surface area contributed by atoms with E-state index in [-0.39, 0.29) is 0 Å². The predicted molar refractivity (Wildman–Crippen MR) is 77.8 cm³/mol. The summed E-state index contributed by atoms with van der Waals surface area (Å²) in [5, 5.41) is 8.23. The number of para-hydroxylation sites is 1. The second-order valence-electron chi connectivity index (χ2n) is 4.19. The van der Waals surface area contributed by atoms with Crippen LogP contribution in [0.5, 0.6) is 0 Å². The van der Waals surface area contributed by atoms with Gasteiger partial charge in [0.25, 0.3) is 0 Å². The van der Waals surface area contributed by atoms with Crippen LogP contribution < -0.4 is 0 Å².